The standard InChI is InChI=1S/C14H13N3O3/c1-9(18)16-12(14(19)20)7-11-8-15-13(17-11)10-5-3-2-4-6-10/h2-8H,1H3,(H,15,17)(H,16,18)(H,19,20)/b12-7+. The van der Waals surface area contributed by atoms with Gasteiger partial charge in [-0.05, 0) is 6.08 Å². The Morgan fingerprint density at radius 3 is 2.60 bits per heavy atom. The van der Waals surface area contributed by atoms with E-state index in [4.69, 9.17) is 5.11 Å². The first-order valence-electron chi connectivity index (χ1n) is 5.89. The van der Waals surface area contributed by atoms with Crippen molar-refractivity contribution < 1.29 is 14.7 Å². The van der Waals surface area contributed by atoms with Crippen LogP contribution in [-0.2, 0) is 9.59 Å². The Balaban J connectivity index is 2.28. The molecule has 1 heterocycles. The van der Waals surface area contributed by atoms with Crippen LogP contribution in [0.1, 0.15) is 12.6 Å². The van der Waals surface area contributed by atoms with E-state index >= 15 is 0 Å². The molecule has 0 saturated carbocycles. The highest BCUT2D eigenvalue weighted by Gasteiger charge is 2.10. The zero-order valence-corrected chi connectivity index (χ0v) is 10.8. The molecule has 0 atom stereocenters. The van der Waals surface area contributed by atoms with E-state index in [0.717, 1.165) is 5.56 Å². The lowest BCUT2D eigenvalue weighted by Gasteiger charge is -2.01. The number of rotatable bonds is 4. The fourth-order valence-corrected chi connectivity index (χ4v) is 1.65. The summed E-state index contributed by atoms with van der Waals surface area (Å²) in [7, 11) is 0. The summed E-state index contributed by atoms with van der Waals surface area (Å²) in [6.45, 7) is 1.25. The molecule has 1 aromatic heterocycles. The van der Waals surface area contributed by atoms with E-state index in [-0.39, 0.29) is 5.70 Å². The highest BCUT2D eigenvalue weighted by molar-refractivity contribution is 5.96. The van der Waals surface area contributed by atoms with Crippen molar-refractivity contribution in [3.8, 4) is 11.4 Å². The highest BCUT2D eigenvalue weighted by atomic mass is 16.4. The summed E-state index contributed by atoms with van der Waals surface area (Å²) in [6, 6.07) is 9.43. The summed E-state index contributed by atoms with van der Waals surface area (Å²) in [5.41, 5.74) is 1.18. The van der Waals surface area contributed by atoms with E-state index < -0.39 is 11.9 Å². The number of imidazole rings is 1. The molecule has 1 aromatic carbocycles. The Morgan fingerprint density at radius 2 is 2.00 bits per heavy atom. The number of aromatic amines is 1. The van der Waals surface area contributed by atoms with Gasteiger partial charge in [0.15, 0.2) is 0 Å². The molecule has 6 heteroatoms. The van der Waals surface area contributed by atoms with Crippen molar-refractivity contribution in [2.24, 2.45) is 0 Å². The second-order valence-corrected chi connectivity index (χ2v) is 4.10. The summed E-state index contributed by atoms with van der Waals surface area (Å²) >= 11 is 0. The highest BCUT2D eigenvalue weighted by Crippen LogP contribution is 2.15. The van der Waals surface area contributed by atoms with Gasteiger partial charge in [0.05, 0.1) is 11.9 Å². The lowest BCUT2D eigenvalue weighted by atomic mass is 10.2. The van der Waals surface area contributed by atoms with Crippen LogP contribution < -0.4 is 5.32 Å². The normalized spacial score (nSPS) is 11.2. The lowest BCUT2D eigenvalue weighted by Crippen LogP contribution is -2.24. The maximum atomic E-state index is 11.0. The molecule has 0 fully saturated rings. The Kier molecular flexibility index (Phi) is 3.95. The van der Waals surface area contributed by atoms with Gasteiger partial charge in [0.2, 0.25) is 5.91 Å². The van der Waals surface area contributed by atoms with Crippen LogP contribution in [-0.4, -0.2) is 27.0 Å². The van der Waals surface area contributed by atoms with Gasteiger partial charge < -0.3 is 15.4 Å². The Morgan fingerprint density at radius 1 is 1.30 bits per heavy atom. The molecular weight excluding hydrogens is 258 g/mol. The predicted molar refractivity (Wildman–Crippen MR) is 73.5 cm³/mol. The number of H-pyrrole nitrogens is 1. The van der Waals surface area contributed by atoms with Gasteiger partial charge in [-0.15, -0.1) is 0 Å². The average molecular weight is 271 g/mol. The Bertz CT molecular complexity index is 659. The molecular formula is C14H13N3O3. The van der Waals surface area contributed by atoms with Crippen molar-refractivity contribution in [2.75, 3.05) is 0 Å². The van der Waals surface area contributed by atoms with Crippen molar-refractivity contribution in [3.05, 3.63) is 47.9 Å². The molecule has 3 N–H and O–H groups in total. The van der Waals surface area contributed by atoms with Gasteiger partial charge in [-0.25, -0.2) is 9.78 Å². The minimum atomic E-state index is -1.21. The molecule has 0 aliphatic carbocycles. The van der Waals surface area contributed by atoms with E-state index in [1.54, 1.807) is 0 Å². The number of nitrogens with zero attached hydrogens (tertiary/aromatic N) is 1. The molecule has 0 saturated heterocycles. The van der Waals surface area contributed by atoms with Crippen molar-refractivity contribution in [1.82, 2.24) is 15.3 Å². The molecule has 6 nitrogen and oxygen atoms in total. The van der Waals surface area contributed by atoms with Crippen LogP contribution in [0.25, 0.3) is 17.5 Å². The third kappa shape index (κ3) is 3.32. The summed E-state index contributed by atoms with van der Waals surface area (Å²) in [5.74, 6) is -1.03. The molecule has 0 aliphatic rings. The molecule has 20 heavy (non-hydrogen) atoms. The third-order valence-corrected chi connectivity index (χ3v) is 2.48. The maximum absolute atomic E-state index is 11.0. The van der Waals surface area contributed by atoms with Crippen molar-refractivity contribution in [1.29, 1.82) is 0 Å². The smallest absolute Gasteiger partial charge is 0.352 e. The molecule has 102 valence electrons. The van der Waals surface area contributed by atoms with Gasteiger partial charge >= 0.3 is 5.97 Å². The Hall–Kier alpha value is -2.89. The largest absolute Gasteiger partial charge is 0.477 e. The van der Waals surface area contributed by atoms with Gasteiger partial charge in [-0.2, -0.15) is 0 Å². The fourth-order valence-electron chi connectivity index (χ4n) is 1.65. The molecule has 2 rings (SSSR count). The van der Waals surface area contributed by atoms with Gasteiger partial charge in [-0.3, -0.25) is 4.79 Å². The zero-order chi connectivity index (χ0) is 14.5. The number of nitrogens with one attached hydrogen (secondary N) is 2. The third-order valence-electron chi connectivity index (χ3n) is 2.48. The maximum Gasteiger partial charge on any atom is 0.352 e. The van der Waals surface area contributed by atoms with Crippen LogP contribution in [0.3, 0.4) is 0 Å². The number of aliphatic carboxylic acids is 1. The van der Waals surface area contributed by atoms with Crippen LogP contribution in [0.5, 0.6) is 0 Å². The summed E-state index contributed by atoms with van der Waals surface area (Å²) in [4.78, 5) is 29.1. The SMILES string of the molecule is CC(=O)N/C(=C/c1cnc(-c2ccccc2)[nH]1)C(=O)O. The fraction of sp³-hybridized carbons (Fsp3) is 0.0714. The molecule has 1 amide bonds. The lowest BCUT2D eigenvalue weighted by molar-refractivity contribution is -0.134. The number of hydrogen-bond donors (Lipinski definition) is 3. The van der Waals surface area contributed by atoms with Crippen LogP contribution in [0.15, 0.2) is 42.2 Å². The van der Waals surface area contributed by atoms with E-state index in [2.05, 4.69) is 15.3 Å². The second kappa shape index (κ2) is 5.83. The zero-order valence-electron chi connectivity index (χ0n) is 10.8. The molecule has 0 aliphatic heterocycles. The molecule has 0 unspecified atom stereocenters. The van der Waals surface area contributed by atoms with Gasteiger partial charge in [0, 0.05) is 12.5 Å². The summed E-state index contributed by atoms with van der Waals surface area (Å²) < 4.78 is 0. The van der Waals surface area contributed by atoms with Crippen molar-refractivity contribution >= 4 is 18.0 Å². The second-order valence-electron chi connectivity index (χ2n) is 4.10. The van der Waals surface area contributed by atoms with Crippen LogP contribution in [0.4, 0.5) is 0 Å². The number of benzene rings is 1. The van der Waals surface area contributed by atoms with E-state index in [0.29, 0.717) is 11.5 Å². The summed E-state index contributed by atoms with van der Waals surface area (Å²) in [5, 5.41) is 11.2. The first kappa shape index (κ1) is 13.5. The van der Waals surface area contributed by atoms with Crippen molar-refractivity contribution in [2.45, 2.75) is 6.92 Å². The minimum Gasteiger partial charge on any atom is -0.477 e. The number of carbonyl (C=O) groups excluding carboxylic acids is 1. The van der Waals surface area contributed by atoms with Gasteiger partial charge in [0.25, 0.3) is 0 Å². The topological polar surface area (TPSA) is 95.1 Å². The van der Waals surface area contributed by atoms with E-state index in [1.165, 1.54) is 19.2 Å². The number of hydrogen-bond acceptors (Lipinski definition) is 3. The van der Waals surface area contributed by atoms with Crippen LogP contribution in [0, 0.1) is 0 Å². The Labute approximate surface area is 115 Å². The summed E-state index contributed by atoms with van der Waals surface area (Å²) in [6.07, 6.45) is 2.83. The van der Waals surface area contributed by atoms with E-state index in [1.807, 2.05) is 30.3 Å². The first-order chi connectivity index (χ1) is 9.56. The molecule has 0 radical (unpaired) electrons. The van der Waals surface area contributed by atoms with Gasteiger partial charge in [0.1, 0.15) is 11.5 Å². The first-order valence-corrected chi connectivity index (χ1v) is 5.89. The minimum absolute atomic E-state index is 0.208. The molecule has 0 spiro atoms. The number of carboxylic acids is 1. The average Bonchev–Trinajstić information content (AvgIpc) is 2.87. The van der Waals surface area contributed by atoms with E-state index in [9.17, 15) is 9.59 Å². The van der Waals surface area contributed by atoms with Crippen molar-refractivity contribution in [3.63, 3.8) is 0 Å². The molecule has 0 bridgehead atoms. The monoisotopic (exact) mass is 271 g/mol. The van der Waals surface area contributed by atoms with Gasteiger partial charge in [-0.1, -0.05) is 30.3 Å². The number of amides is 1. The van der Waals surface area contributed by atoms with Crippen LogP contribution >= 0.6 is 0 Å². The predicted octanol–water partition coefficient (Wildman–Crippen LogP) is 1.64. The number of aromatic nitrogens is 2. The molecule has 2 aromatic rings. The van der Waals surface area contributed by atoms with Crippen LogP contribution in [0.2, 0.25) is 0 Å². The number of carboxylic acid groups (broad SMARTS) is 1. The number of carbonyl (C=O) groups is 2. The quantitative estimate of drug-likeness (QED) is 0.737.